The Bertz CT molecular complexity index is 317. The standard InChI is InChI=1S/C12H20N2O3/c1-2-6-14(9-15)12(11(16)17)5-7-13(8-12)10-3-4-10/h9-10H,2-8H2,1H3,(H,16,17). The zero-order valence-electron chi connectivity index (χ0n) is 10.3. The summed E-state index contributed by atoms with van der Waals surface area (Å²) in [5, 5.41) is 9.48. The Morgan fingerprint density at radius 2 is 2.29 bits per heavy atom. The van der Waals surface area contributed by atoms with E-state index in [-0.39, 0.29) is 0 Å². The van der Waals surface area contributed by atoms with Crippen LogP contribution in [-0.4, -0.2) is 58.5 Å². The first-order valence-electron chi connectivity index (χ1n) is 6.33. The van der Waals surface area contributed by atoms with E-state index in [2.05, 4.69) is 4.90 Å². The summed E-state index contributed by atoms with van der Waals surface area (Å²) >= 11 is 0. The third kappa shape index (κ3) is 2.16. The lowest BCUT2D eigenvalue weighted by Crippen LogP contribution is -2.56. The van der Waals surface area contributed by atoms with E-state index in [0.29, 0.717) is 32.0 Å². The Labute approximate surface area is 101 Å². The molecule has 0 radical (unpaired) electrons. The van der Waals surface area contributed by atoms with Gasteiger partial charge in [-0.3, -0.25) is 9.69 Å². The van der Waals surface area contributed by atoms with Crippen molar-refractivity contribution >= 4 is 12.4 Å². The van der Waals surface area contributed by atoms with Crippen LogP contribution in [-0.2, 0) is 9.59 Å². The van der Waals surface area contributed by atoms with Gasteiger partial charge in [0.1, 0.15) is 0 Å². The van der Waals surface area contributed by atoms with Crippen molar-refractivity contribution in [1.82, 2.24) is 9.80 Å². The minimum atomic E-state index is -0.986. The van der Waals surface area contributed by atoms with Crippen LogP contribution in [0.4, 0.5) is 0 Å². The first kappa shape index (κ1) is 12.4. The van der Waals surface area contributed by atoms with E-state index in [4.69, 9.17) is 0 Å². The second-order valence-electron chi connectivity index (χ2n) is 5.09. The number of carbonyl (C=O) groups excluding carboxylic acids is 1. The third-order valence-corrected chi connectivity index (χ3v) is 3.88. The number of amides is 1. The molecule has 1 N–H and O–H groups in total. The summed E-state index contributed by atoms with van der Waals surface area (Å²) in [6.45, 7) is 3.77. The first-order valence-corrected chi connectivity index (χ1v) is 6.33. The number of aliphatic carboxylic acids is 1. The van der Waals surface area contributed by atoms with Crippen LogP contribution in [0.1, 0.15) is 32.6 Å². The van der Waals surface area contributed by atoms with Crippen LogP contribution in [0.2, 0.25) is 0 Å². The number of carboxylic acid groups (broad SMARTS) is 1. The SMILES string of the molecule is CCCN(C=O)C1(C(=O)O)CCN(C2CC2)C1. The van der Waals surface area contributed by atoms with E-state index in [9.17, 15) is 14.7 Å². The molecule has 2 fully saturated rings. The second-order valence-corrected chi connectivity index (χ2v) is 5.09. The fraction of sp³-hybridized carbons (Fsp3) is 0.833. The van der Waals surface area contributed by atoms with Gasteiger partial charge in [-0.1, -0.05) is 6.92 Å². The lowest BCUT2D eigenvalue weighted by atomic mass is 9.96. The summed E-state index contributed by atoms with van der Waals surface area (Å²) < 4.78 is 0. The number of carboxylic acids is 1. The predicted octanol–water partition coefficient (Wildman–Crippen LogP) is 0.546. The molecule has 1 saturated carbocycles. The van der Waals surface area contributed by atoms with Crippen LogP contribution in [0.15, 0.2) is 0 Å². The van der Waals surface area contributed by atoms with Crippen molar-refractivity contribution in [1.29, 1.82) is 0 Å². The summed E-state index contributed by atoms with van der Waals surface area (Å²) in [6.07, 6.45) is 4.39. The first-order chi connectivity index (χ1) is 8.14. The topological polar surface area (TPSA) is 60.9 Å². The third-order valence-electron chi connectivity index (χ3n) is 3.88. The van der Waals surface area contributed by atoms with Gasteiger partial charge in [-0.25, -0.2) is 4.79 Å². The number of carbonyl (C=O) groups is 2. The van der Waals surface area contributed by atoms with Crippen molar-refractivity contribution in [3.63, 3.8) is 0 Å². The molecule has 5 nitrogen and oxygen atoms in total. The zero-order valence-corrected chi connectivity index (χ0v) is 10.3. The van der Waals surface area contributed by atoms with Crippen molar-refractivity contribution < 1.29 is 14.7 Å². The fourth-order valence-corrected chi connectivity index (χ4v) is 2.71. The number of likely N-dealkylation sites (tertiary alicyclic amines) is 1. The lowest BCUT2D eigenvalue weighted by molar-refractivity contribution is -0.154. The average molecular weight is 240 g/mol. The number of rotatable bonds is 6. The molecule has 5 heteroatoms. The Morgan fingerprint density at radius 1 is 1.59 bits per heavy atom. The minimum absolute atomic E-state index is 0.492. The Balaban J connectivity index is 2.14. The van der Waals surface area contributed by atoms with E-state index in [1.54, 1.807) is 0 Å². The van der Waals surface area contributed by atoms with Crippen LogP contribution in [0.5, 0.6) is 0 Å². The monoisotopic (exact) mass is 240 g/mol. The summed E-state index contributed by atoms with van der Waals surface area (Å²) in [7, 11) is 0. The molecule has 1 atom stereocenters. The molecule has 17 heavy (non-hydrogen) atoms. The highest BCUT2D eigenvalue weighted by Gasteiger charge is 2.51. The van der Waals surface area contributed by atoms with Crippen LogP contribution in [0.3, 0.4) is 0 Å². The minimum Gasteiger partial charge on any atom is -0.479 e. The van der Waals surface area contributed by atoms with Gasteiger partial charge in [-0.2, -0.15) is 0 Å². The van der Waals surface area contributed by atoms with Crippen LogP contribution < -0.4 is 0 Å². The molecule has 0 aromatic heterocycles. The van der Waals surface area contributed by atoms with Gasteiger partial charge in [0.2, 0.25) is 6.41 Å². The van der Waals surface area contributed by atoms with Gasteiger partial charge >= 0.3 is 5.97 Å². The molecule has 1 heterocycles. The molecule has 0 aromatic carbocycles. The summed E-state index contributed by atoms with van der Waals surface area (Å²) in [4.78, 5) is 26.4. The Hall–Kier alpha value is -1.10. The maximum Gasteiger partial charge on any atom is 0.331 e. The van der Waals surface area contributed by atoms with Gasteiger partial charge in [0.15, 0.2) is 5.54 Å². The van der Waals surface area contributed by atoms with Crippen LogP contribution >= 0.6 is 0 Å². The van der Waals surface area contributed by atoms with E-state index in [0.717, 1.165) is 13.0 Å². The molecule has 0 aromatic rings. The van der Waals surface area contributed by atoms with Gasteiger partial charge in [0.05, 0.1) is 0 Å². The number of hydrogen-bond donors (Lipinski definition) is 1. The maximum atomic E-state index is 11.6. The summed E-state index contributed by atoms with van der Waals surface area (Å²) in [5.41, 5.74) is -0.986. The molecule has 0 bridgehead atoms. The van der Waals surface area contributed by atoms with Gasteiger partial charge in [-0.15, -0.1) is 0 Å². The molecule has 1 aliphatic heterocycles. The van der Waals surface area contributed by atoms with Crippen molar-refractivity contribution in [3.8, 4) is 0 Å². The van der Waals surface area contributed by atoms with E-state index in [1.165, 1.54) is 17.7 Å². The molecular formula is C12H20N2O3. The average Bonchev–Trinajstić information content (AvgIpc) is 3.06. The lowest BCUT2D eigenvalue weighted by Gasteiger charge is -2.35. The second kappa shape index (κ2) is 4.64. The quantitative estimate of drug-likeness (QED) is 0.689. The fourth-order valence-electron chi connectivity index (χ4n) is 2.71. The molecular weight excluding hydrogens is 220 g/mol. The molecule has 1 aliphatic carbocycles. The van der Waals surface area contributed by atoms with Gasteiger partial charge in [0.25, 0.3) is 0 Å². The van der Waals surface area contributed by atoms with Crippen LogP contribution in [0.25, 0.3) is 0 Å². The molecule has 96 valence electrons. The summed E-state index contributed by atoms with van der Waals surface area (Å²) in [6, 6.07) is 0.561. The summed E-state index contributed by atoms with van der Waals surface area (Å²) in [5.74, 6) is -0.860. The van der Waals surface area contributed by atoms with E-state index in [1.807, 2.05) is 6.92 Å². The van der Waals surface area contributed by atoms with Gasteiger partial charge in [0, 0.05) is 25.7 Å². The molecule has 2 aliphatic rings. The smallest absolute Gasteiger partial charge is 0.331 e. The van der Waals surface area contributed by atoms with Crippen LogP contribution in [0, 0.1) is 0 Å². The van der Waals surface area contributed by atoms with Gasteiger partial charge < -0.3 is 10.0 Å². The number of nitrogens with zero attached hydrogens (tertiary/aromatic N) is 2. The Morgan fingerprint density at radius 3 is 2.76 bits per heavy atom. The van der Waals surface area contributed by atoms with E-state index >= 15 is 0 Å². The Kier molecular flexibility index (Phi) is 3.38. The molecule has 0 spiro atoms. The van der Waals surface area contributed by atoms with Gasteiger partial charge in [-0.05, 0) is 25.7 Å². The highest BCUT2D eigenvalue weighted by Crippen LogP contribution is 2.36. The number of hydrogen-bond acceptors (Lipinski definition) is 3. The molecule has 1 unspecified atom stereocenters. The van der Waals surface area contributed by atoms with Crippen molar-refractivity contribution in [2.24, 2.45) is 0 Å². The normalized spacial score (nSPS) is 29.2. The zero-order chi connectivity index (χ0) is 12.5. The highest BCUT2D eigenvalue weighted by atomic mass is 16.4. The predicted molar refractivity (Wildman–Crippen MR) is 62.6 cm³/mol. The van der Waals surface area contributed by atoms with Crippen molar-refractivity contribution in [2.75, 3.05) is 19.6 Å². The maximum absolute atomic E-state index is 11.6. The largest absolute Gasteiger partial charge is 0.479 e. The van der Waals surface area contributed by atoms with Crippen molar-refractivity contribution in [3.05, 3.63) is 0 Å². The van der Waals surface area contributed by atoms with Crippen molar-refractivity contribution in [2.45, 2.75) is 44.2 Å². The highest BCUT2D eigenvalue weighted by molar-refractivity contribution is 5.82. The molecule has 1 amide bonds. The van der Waals surface area contributed by atoms with E-state index < -0.39 is 11.5 Å². The molecule has 1 saturated heterocycles. The molecule has 2 rings (SSSR count).